The maximum absolute atomic E-state index is 11.5. The molecule has 1 heterocycles. The molecule has 0 radical (unpaired) electrons. The fourth-order valence-corrected chi connectivity index (χ4v) is 1.75. The lowest BCUT2D eigenvalue weighted by atomic mass is 10.4. The average Bonchev–Trinajstić information content (AvgIpc) is 2.78. The second-order valence-corrected chi connectivity index (χ2v) is 4.00. The van der Waals surface area contributed by atoms with E-state index >= 15 is 0 Å². The monoisotopic (exact) mass is 228 g/mol. The van der Waals surface area contributed by atoms with Crippen LogP contribution in [-0.4, -0.2) is 61.5 Å². The maximum Gasteiger partial charge on any atom is 0.396 e. The van der Waals surface area contributed by atoms with E-state index in [1.54, 1.807) is 14.0 Å². The van der Waals surface area contributed by atoms with Crippen molar-refractivity contribution >= 4 is 11.9 Å². The summed E-state index contributed by atoms with van der Waals surface area (Å²) in [5.41, 5.74) is 0. The van der Waals surface area contributed by atoms with Crippen LogP contribution in [0.2, 0.25) is 0 Å². The molecular formula is C11H20N2O3. The Balaban J connectivity index is 2.25. The first-order valence-electron chi connectivity index (χ1n) is 5.79. The van der Waals surface area contributed by atoms with Crippen molar-refractivity contribution in [1.29, 1.82) is 0 Å². The molecule has 1 aliphatic rings. The zero-order valence-corrected chi connectivity index (χ0v) is 10.1. The van der Waals surface area contributed by atoms with Crippen LogP contribution >= 0.6 is 0 Å². The summed E-state index contributed by atoms with van der Waals surface area (Å²) < 4.78 is 4.65. The molecule has 1 fully saturated rings. The van der Waals surface area contributed by atoms with Crippen LogP contribution in [-0.2, 0) is 14.3 Å². The van der Waals surface area contributed by atoms with E-state index in [-0.39, 0.29) is 6.61 Å². The Hall–Kier alpha value is -1.10. The molecule has 0 spiro atoms. The van der Waals surface area contributed by atoms with Gasteiger partial charge in [0, 0.05) is 20.1 Å². The number of likely N-dealkylation sites (N-methyl/N-ethyl adjacent to an activating group) is 1. The van der Waals surface area contributed by atoms with Gasteiger partial charge in [0.2, 0.25) is 0 Å². The standard InChI is InChI=1S/C11H20N2O3/c1-3-16-11(15)10(14)12(2)8-9-13-6-4-5-7-13/h3-9H2,1-2H3. The zero-order valence-electron chi connectivity index (χ0n) is 10.1. The molecule has 0 aromatic carbocycles. The van der Waals surface area contributed by atoms with Gasteiger partial charge in [0.25, 0.3) is 0 Å². The molecule has 92 valence electrons. The zero-order chi connectivity index (χ0) is 12.0. The Morgan fingerprint density at radius 3 is 2.50 bits per heavy atom. The predicted molar refractivity (Wildman–Crippen MR) is 59.9 cm³/mol. The number of esters is 1. The minimum atomic E-state index is -0.758. The number of hydrogen-bond acceptors (Lipinski definition) is 4. The smallest absolute Gasteiger partial charge is 0.396 e. The van der Waals surface area contributed by atoms with Crippen LogP contribution in [0.1, 0.15) is 19.8 Å². The maximum atomic E-state index is 11.5. The van der Waals surface area contributed by atoms with Crippen LogP contribution in [0.5, 0.6) is 0 Å². The molecule has 1 amide bonds. The lowest BCUT2D eigenvalue weighted by Gasteiger charge is -2.20. The van der Waals surface area contributed by atoms with Crippen molar-refractivity contribution < 1.29 is 14.3 Å². The van der Waals surface area contributed by atoms with E-state index in [0.29, 0.717) is 6.54 Å². The molecule has 5 nitrogen and oxygen atoms in total. The molecule has 0 aromatic rings. The van der Waals surface area contributed by atoms with Gasteiger partial charge in [-0.25, -0.2) is 4.79 Å². The molecule has 0 N–H and O–H groups in total. The molecule has 0 aliphatic carbocycles. The van der Waals surface area contributed by atoms with Crippen molar-refractivity contribution in [3.05, 3.63) is 0 Å². The lowest BCUT2D eigenvalue weighted by Crippen LogP contribution is -2.39. The summed E-state index contributed by atoms with van der Waals surface area (Å²) in [7, 11) is 1.63. The Bertz CT molecular complexity index is 250. The highest BCUT2D eigenvalue weighted by atomic mass is 16.5. The molecule has 5 heteroatoms. The number of rotatable bonds is 4. The molecule has 0 unspecified atom stereocenters. The Labute approximate surface area is 96.3 Å². The minimum Gasteiger partial charge on any atom is -0.459 e. The molecular weight excluding hydrogens is 208 g/mol. The summed E-state index contributed by atoms with van der Waals surface area (Å²) in [6.45, 7) is 5.54. The van der Waals surface area contributed by atoms with Crippen LogP contribution in [0, 0.1) is 0 Å². The Kier molecular flexibility index (Phi) is 5.25. The molecule has 16 heavy (non-hydrogen) atoms. The topological polar surface area (TPSA) is 49.9 Å². The third kappa shape index (κ3) is 3.81. The van der Waals surface area contributed by atoms with E-state index in [1.165, 1.54) is 17.7 Å². The summed E-state index contributed by atoms with van der Waals surface area (Å²) >= 11 is 0. The highest BCUT2D eigenvalue weighted by Crippen LogP contribution is 2.06. The van der Waals surface area contributed by atoms with Crippen molar-refractivity contribution in [2.45, 2.75) is 19.8 Å². The van der Waals surface area contributed by atoms with E-state index in [0.717, 1.165) is 19.6 Å². The second kappa shape index (κ2) is 6.48. The first-order chi connectivity index (χ1) is 7.65. The van der Waals surface area contributed by atoms with E-state index < -0.39 is 11.9 Å². The Morgan fingerprint density at radius 1 is 1.31 bits per heavy atom. The summed E-state index contributed by atoms with van der Waals surface area (Å²) in [5, 5.41) is 0. The van der Waals surface area contributed by atoms with Crippen LogP contribution in [0.3, 0.4) is 0 Å². The van der Waals surface area contributed by atoms with Crippen LogP contribution in [0.4, 0.5) is 0 Å². The number of likely N-dealkylation sites (tertiary alicyclic amines) is 1. The fraction of sp³-hybridized carbons (Fsp3) is 0.818. The van der Waals surface area contributed by atoms with Crippen molar-refractivity contribution in [2.24, 2.45) is 0 Å². The molecule has 1 aliphatic heterocycles. The number of nitrogens with zero attached hydrogens (tertiary/aromatic N) is 2. The SMILES string of the molecule is CCOC(=O)C(=O)N(C)CCN1CCCC1. The second-order valence-electron chi connectivity index (χ2n) is 4.00. The van der Waals surface area contributed by atoms with Gasteiger partial charge in [-0.05, 0) is 32.9 Å². The molecule has 0 saturated carbocycles. The van der Waals surface area contributed by atoms with Gasteiger partial charge >= 0.3 is 11.9 Å². The van der Waals surface area contributed by atoms with Gasteiger partial charge in [-0.15, -0.1) is 0 Å². The molecule has 0 aromatic heterocycles. The van der Waals surface area contributed by atoms with Gasteiger partial charge in [0.15, 0.2) is 0 Å². The highest BCUT2D eigenvalue weighted by Gasteiger charge is 2.20. The number of carbonyl (C=O) groups excluding carboxylic acids is 2. The largest absolute Gasteiger partial charge is 0.459 e. The van der Waals surface area contributed by atoms with E-state index in [1.807, 2.05) is 0 Å². The summed E-state index contributed by atoms with van der Waals surface area (Å²) in [6.07, 6.45) is 2.46. The van der Waals surface area contributed by atoms with Crippen LogP contribution < -0.4 is 0 Å². The minimum absolute atomic E-state index is 0.241. The van der Waals surface area contributed by atoms with E-state index in [9.17, 15) is 9.59 Å². The predicted octanol–water partition coefficient (Wildman–Crippen LogP) is 0.104. The van der Waals surface area contributed by atoms with Gasteiger partial charge in [-0.1, -0.05) is 0 Å². The number of amides is 1. The van der Waals surface area contributed by atoms with Gasteiger partial charge in [0.1, 0.15) is 0 Å². The van der Waals surface area contributed by atoms with Gasteiger partial charge < -0.3 is 14.5 Å². The first-order valence-corrected chi connectivity index (χ1v) is 5.79. The van der Waals surface area contributed by atoms with Crippen LogP contribution in [0.25, 0.3) is 0 Å². The molecule has 0 bridgehead atoms. The normalized spacial score (nSPS) is 16.1. The van der Waals surface area contributed by atoms with Crippen molar-refractivity contribution in [3.8, 4) is 0 Å². The molecule has 1 saturated heterocycles. The number of carbonyl (C=O) groups is 2. The number of ether oxygens (including phenoxy) is 1. The fourth-order valence-electron chi connectivity index (χ4n) is 1.75. The van der Waals surface area contributed by atoms with Crippen molar-refractivity contribution in [3.63, 3.8) is 0 Å². The average molecular weight is 228 g/mol. The third-order valence-electron chi connectivity index (χ3n) is 2.75. The van der Waals surface area contributed by atoms with Gasteiger partial charge in [-0.3, -0.25) is 4.79 Å². The van der Waals surface area contributed by atoms with Gasteiger partial charge in [-0.2, -0.15) is 0 Å². The van der Waals surface area contributed by atoms with Gasteiger partial charge in [0.05, 0.1) is 6.61 Å². The molecule has 0 atom stereocenters. The van der Waals surface area contributed by atoms with Crippen molar-refractivity contribution in [2.75, 3.05) is 39.8 Å². The van der Waals surface area contributed by atoms with E-state index in [4.69, 9.17) is 0 Å². The quantitative estimate of drug-likeness (QED) is 0.506. The summed E-state index contributed by atoms with van der Waals surface area (Å²) in [4.78, 5) is 26.4. The molecule has 1 rings (SSSR count). The third-order valence-corrected chi connectivity index (χ3v) is 2.75. The van der Waals surface area contributed by atoms with Crippen molar-refractivity contribution in [1.82, 2.24) is 9.80 Å². The summed E-state index contributed by atoms with van der Waals surface area (Å²) in [5.74, 6) is -1.31. The first kappa shape index (κ1) is 13.0. The van der Waals surface area contributed by atoms with Crippen LogP contribution in [0.15, 0.2) is 0 Å². The lowest BCUT2D eigenvalue weighted by molar-refractivity contribution is -0.159. The summed E-state index contributed by atoms with van der Waals surface area (Å²) in [6, 6.07) is 0. The number of hydrogen-bond donors (Lipinski definition) is 0. The Morgan fingerprint density at radius 2 is 1.94 bits per heavy atom. The van der Waals surface area contributed by atoms with E-state index in [2.05, 4.69) is 9.64 Å². The highest BCUT2D eigenvalue weighted by molar-refractivity contribution is 6.32.